The topological polar surface area (TPSA) is 66.5 Å². The zero-order valence-electron chi connectivity index (χ0n) is 14.6. The van der Waals surface area contributed by atoms with Crippen LogP contribution in [-0.4, -0.2) is 20.2 Å². The summed E-state index contributed by atoms with van der Waals surface area (Å²) in [5.74, 6) is 0.859. The average molecular weight is 351 g/mol. The van der Waals surface area contributed by atoms with Crippen molar-refractivity contribution in [3.63, 3.8) is 0 Å². The number of rotatable bonds is 4. The molecule has 0 bridgehead atoms. The van der Waals surface area contributed by atoms with Gasteiger partial charge in [-0.15, -0.1) is 0 Å². The molecule has 27 heavy (non-hydrogen) atoms. The Balaban J connectivity index is 1.40. The zero-order valence-corrected chi connectivity index (χ0v) is 14.6. The first kappa shape index (κ1) is 15.5. The maximum atomic E-state index is 4.53. The van der Waals surface area contributed by atoms with Crippen LogP contribution in [0.5, 0.6) is 0 Å². The molecule has 2 N–H and O–H groups in total. The Morgan fingerprint density at radius 2 is 1.81 bits per heavy atom. The molecule has 0 unspecified atom stereocenters. The van der Waals surface area contributed by atoms with Crippen LogP contribution in [0, 0.1) is 0 Å². The molecular formula is C22H17N5. The number of H-pyrrole nitrogens is 1. The third-order valence-corrected chi connectivity index (χ3v) is 4.69. The molecule has 5 nitrogen and oxygen atoms in total. The fourth-order valence-electron chi connectivity index (χ4n) is 3.25. The molecule has 0 amide bonds. The Morgan fingerprint density at radius 3 is 2.74 bits per heavy atom. The minimum absolute atomic E-state index is 0.713. The fourth-order valence-corrected chi connectivity index (χ4v) is 3.25. The number of aromatic nitrogens is 4. The van der Waals surface area contributed by atoms with Gasteiger partial charge in [-0.1, -0.05) is 24.3 Å². The van der Waals surface area contributed by atoms with Crippen LogP contribution in [0.1, 0.15) is 5.56 Å². The van der Waals surface area contributed by atoms with E-state index in [1.807, 2.05) is 30.9 Å². The molecule has 0 radical (unpaired) electrons. The Morgan fingerprint density at radius 1 is 0.815 bits per heavy atom. The highest BCUT2D eigenvalue weighted by atomic mass is 15.1. The maximum Gasteiger partial charge on any atom is 0.126 e. The first-order chi connectivity index (χ1) is 13.3. The SMILES string of the molecule is c1cnc2ccc(CNc3cc4cc(-c5cn[nH]c5)ccc4cn3)cc2c1. The van der Waals surface area contributed by atoms with Gasteiger partial charge in [0.05, 0.1) is 11.7 Å². The smallest absolute Gasteiger partial charge is 0.126 e. The van der Waals surface area contributed by atoms with Crippen LogP contribution in [0.3, 0.4) is 0 Å². The molecule has 5 rings (SSSR count). The van der Waals surface area contributed by atoms with Gasteiger partial charge in [0.15, 0.2) is 0 Å². The normalized spacial score (nSPS) is 11.1. The molecule has 0 atom stereocenters. The van der Waals surface area contributed by atoms with E-state index in [1.54, 1.807) is 0 Å². The van der Waals surface area contributed by atoms with Crippen molar-refractivity contribution in [1.29, 1.82) is 0 Å². The van der Waals surface area contributed by atoms with E-state index < -0.39 is 0 Å². The molecule has 0 aliphatic heterocycles. The molecule has 130 valence electrons. The molecule has 5 heteroatoms. The molecule has 3 heterocycles. The summed E-state index contributed by atoms with van der Waals surface area (Å²) < 4.78 is 0. The van der Waals surface area contributed by atoms with Crippen molar-refractivity contribution in [2.24, 2.45) is 0 Å². The molecule has 0 fully saturated rings. The second kappa shape index (κ2) is 6.53. The van der Waals surface area contributed by atoms with Crippen molar-refractivity contribution in [3.05, 3.63) is 84.9 Å². The highest BCUT2D eigenvalue weighted by Crippen LogP contribution is 2.25. The Hall–Kier alpha value is -3.73. The number of hydrogen-bond donors (Lipinski definition) is 2. The van der Waals surface area contributed by atoms with Gasteiger partial charge in [0.2, 0.25) is 0 Å². The summed E-state index contributed by atoms with van der Waals surface area (Å²) in [5, 5.41) is 13.7. The van der Waals surface area contributed by atoms with Gasteiger partial charge in [-0.3, -0.25) is 10.1 Å². The van der Waals surface area contributed by atoms with Gasteiger partial charge in [-0.05, 0) is 46.8 Å². The van der Waals surface area contributed by atoms with Gasteiger partial charge in [0, 0.05) is 41.5 Å². The number of pyridine rings is 2. The van der Waals surface area contributed by atoms with E-state index in [1.165, 1.54) is 5.56 Å². The predicted octanol–water partition coefficient (Wildman–Crippen LogP) is 4.79. The van der Waals surface area contributed by atoms with E-state index >= 15 is 0 Å². The van der Waals surface area contributed by atoms with Gasteiger partial charge < -0.3 is 5.32 Å². The number of nitrogens with one attached hydrogen (secondary N) is 2. The molecule has 0 saturated carbocycles. The lowest BCUT2D eigenvalue weighted by Gasteiger charge is -2.08. The highest BCUT2D eigenvalue weighted by Gasteiger charge is 2.03. The molecule has 3 aromatic heterocycles. The fraction of sp³-hybridized carbons (Fsp3) is 0.0455. The van der Waals surface area contributed by atoms with Gasteiger partial charge in [-0.25, -0.2) is 4.98 Å². The first-order valence-corrected chi connectivity index (χ1v) is 8.82. The van der Waals surface area contributed by atoms with Crippen molar-refractivity contribution in [2.45, 2.75) is 6.54 Å². The zero-order chi connectivity index (χ0) is 18.1. The molecule has 2 aromatic carbocycles. The van der Waals surface area contributed by atoms with Crippen molar-refractivity contribution in [2.75, 3.05) is 5.32 Å². The monoisotopic (exact) mass is 351 g/mol. The lowest BCUT2D eigenvalue weighted by Crippen LogP contribution is -2.01. The third kappa shape index (κ3) is 3.11. The number of fused-ring (bicyclic) bond motifs is 2. The second-order valence-electron chi connectivity index (χ2n) is 6.50. The molecule has 0 aliphatic carbocycles. The minimum atomic E-state index is 0.713. The Bertz CT molecular complexity index is 1230. The molecular weight excluding hydrogens is 334 g/mol. The van der Waals surface area contributed by atoms with E-state index in [2.05, 4.69) is 74.0 Å². The average Bonchev–Trinajstić information content (AvgIpc) is 3.26. The van der Waals surface area contributed by atoms with Crippen LogP contribution >= 0.6 is 0 Å². The lowest BCUT2D eigenvalue weighted by atomic mass is 10.1. The third-order valence-electron chi connectivity index (χ3n) is 4.69. The summed E-state index contributed by atoms with van der Waals surface area (Å²) >= 11 is 0. The van der Waals surface area contributed by atoms with Crippen LogP contribution in [0.25, 0.3) is 32.8 Å². The number of nitrogens with zero attached hydrogens (tertiary/aromatic N) is 3. The highest BCUT2D eigenvalue weighted by molar-refractivity contribution is 5.88. The Labute approximate surface area is 156 Å². The van der Waals surface area contributed by atoms with Crippen LogP contribution in [0.4, 0.5) is 5.82 Å². The molecule has 0 saturated heterocycles. The minimum Gasteiger partial charge on any atom is -0.366 e. The van der Waals surface area contributed by atoms with Crippen LogP contribution in [-0.2, 0) is 6.54 Å². The van der Waals surface area contributed by atoms with Crippen molar-refractivity contribution in [1.82, 2.24) is 20.2 Å². The first-order valence-electron chi connectivity index (χ1n) is 8.82. The van der Waals surface area contributed by atoms with E-state index in [-0.39, 0.29) is 0 Å². The van der Waals surface area contributed by atoms with E-state index in [0.717, 1.165) is 38.6 Å². The quantitative estimate of drug-likeness (QED) is 0.489. The predicted molar refractivity (Wildman–Crippen MR) is 108 cm³/mol. The summed E-state index contributed by atoms with van der Waals surface area (Å²) in [6.07, 6.45) is 7.45. The van der Waals surface area contributed by atoms with E-state index in [9.17, 15) is 0 Å². The lowest BCUT2D eigenvalue weighted by molar-refractivity contribution is 1.09. The summed E-state index contributed by atoms with van der Waals surface area (Å²) in [7, 11) is 0. The van der Waals surface area contributed by atoms with E-state index in [0.29, 0.717) is 6.54 Å². The number of anilines is 1. The van der Waals surface area contributed by atoms with Gasteiger partial charge >= 0.3 is 0 Å². The van der Waals surface area contributed by atoms with Crippen LogP contribution < -0.4 is 5.32 Å². The molecule has 0 aliphatic rings. The van der Waals surface area contributed by atoms with Crippen molar-refractivity contribution < 1.29 is 0 Å². The Kier molecular flexibility index (Phi) is 3.76. The summed E-state index contributed by atoms with van der Waals surface area (Å²) in [4.78, 5) is 8.90. The molecule has 0 spiro atoms. The summed E-state index contributed by atoms with van der Waals surface area (Å²) in [6, 6.07) is 18.8. The maximum absolute atomic E-state index is 4.53. The molecule has 5 aromatic rings. The second-order valence-corrected chi connectivity index (χ2v) is 6.50. The number of aromatic amines is 1. The van der Waals surface area contributed by atoms with Gasteiger partial charge in [-0.2, -0.15) is 5.10 Å². The number of benzene rings is 2. The van der Waals surface area contributed by atoms with E-state index in [4.69, 9.17) is 0 Å². The summed E-state index contributed by atoms with van der Waals surface area (Å²) in [5.41, 5.74) is 4.42. The standard InChI is InChI=1S/C22H17N5/c1-2-17-8-15(3-6-21(17)23-7-1)11-24-22-10-19-9-16(20-13-26-27-14-20)4-5-18(19)12-25-22/h1-10,12-14H,11H2,(H,24,25)(H,26,27). The van der Waals surface area contributed by atoms with Crippen molar-refractivity contribution >= 4 is 27.5 Å². The van der Waals surface area contributed by atoms with Crippen LogP contribution in [0.2, 0.25) is 0 Å². The summed E-state index contributed by atoms with van der Waals surface area (Å²) in [6.45, 7) is 0.713. The largest absolute Gasteiger partial charge is 0.366 e. The van der Waals surface area contributed by atoms with Gasteiger partial charge in [0.25, 0.3) is 0 Å². The van der Waals surface area contributed by atoms with Crippen molar-refractivity contribution in [3.8, 4) is 11.1 Å². The number of hydrogen-bond acceptors (Lipinski definition) is 4. The van der Waals surface area contributed by atoms with Gasteiger partial charge in [0.1, 0.15) is 5.82 Å². The van der Waals surface area contributed by atoms with Crippen LogP contribution in [0.15, 0.2) is 79.4 Å².